The van der Waals surface area contributed by atoms with Gasteiger partial charge in [0.15, 0.2) is 11.6 Å². The number of aryl methyl sites for hydroxylation is 1. The second-order valence-corrected chi connectivity index (χ2v) is 10.1. The minimum atomic E-state index is -0.428. The SMILES string of the molecule is Cn1cc(-c2ccc(F)c(CC(=O)c3cc4c(s3)C3CCC4C3)c2)nc(Nc2cn[nH]c2)c1=O. The number of carbonyl (C=O) groups is 1. The summed E-state index contributed by atoms with van der Waals surface area (Å²) in [4.78, 5) is 32.1. The first-order chi connectivity index (χ1) is 16.5. The zero-order chi connectivity index (χ0) is 23.4. The van der Waals surface area contributed by atoms with Gasteiger partial charge in [-0.2, -0.15) is 5.10 Å². The van der Waals surface area contributed by atoms with E-state index in [1.165, 1.54) is 40.3 Å². The van der Waals surface area contributed by atoms with Crippen LogP contribution in [0.2, 0.25) is 0 Å². The highest BCUT2D eigenvalue weighted by Crippen LogP contribution is 2.56. The Labute approximate surface area is 198 Å². The van der Waals surface area contributed by atoms with E-state index in [1.54, 1.807) is 49.1 Å². The van der Waals surface area contributed by atoms with Gasteiger partial charge < -0.3 is 9.88 Å². The lowest BCUT2D eigenvalue weighted by molar-refractivity contribution is 0.0995. The maximum absolute atomic E-state index is 14.7. The number of halogens is 1. The number of aromatic nitrogens is 4. The van der Waals surface area contributed by atoms with E-state index in [0.717, 1.165) is 4.88 Å². The number of rotatable bonds is 6. The number of H-pyrrole nitrogens is 1. The van der Waals surface area contributed by atoms with Crippen LogP contribution in [-0.4, -0.2) is 25.5 Å². The number of ketones is 1. The molecule has 0 radical (unpaired) electrons. The average Bonchev–Trinajstić information content (AvgIpc) is 3.61. The molecule has 0 amide bonds. The van der Waals surface area contributed by atoms with Crippen LogP contribution in [0.1, 0.15) is 56.8 Å². The average molecular weight is 476 g/mol. The van der Waals surface area contributed by atoms with Crippen molar-refractivity contribution in [3.8, 4) is 11.3 Å². The number of aromatic amines is 1. The Hall–Kier alpha value is -3.59. The molecule has 3 aromatic heterocycles. The lowest BCUT2D eigenvalue weighted by Gasteiger charge is -2.10. The van der Waals surface area contributed by atoms with Gasteiger partial charge in [-0.15, -0.1) is 11.3 Å². The van der Waals surface area contributed by atoms with Crippen molar-refractivity contribution >= 4 is 28.6 Å². The fourth-order valence-electron chi connectivity index (χ4n) is 5.11. The minimum absolute atomic E-state index is 0.0136. The molecule has 1 fully saturated rings. The molecule has 1 aromatic carbocycles. The van der Waals surface area contributed by atoms with E-state index in [2.05, 4.69) is 20.5 Å². The molecule has 2 N–H and O–H groups in total. The highest BCUT2D eigenvalue weighted by atomic mass is 32.1. The largest absolute Gasteiger partial charge is 0.333 e. The van der Waals surface area contributed by atoms with Crippen LogP contribution in [0.25, 0.3) is 11.3 Å². The summed E-state index contributed by atoms with van der Waals surface area (Å²) in [5.41, 5.74) is 3.07. The van der Waals surface area contributed by atoms with Gasteiger partial charge in [0.05, 0.1) is 22.5 Å². The predicted octanol–water partition coefficient (Wildman–Crippen LogP) is 4.90. The Bertz CT molecular complexity index is 1450. The van der Waals surface area contributed by atoms with Gasteiger partial charge in [-0.3, -0.25) is 14.7 Å². The van der Waals surface area contributed by atoms with Gasteiger partial charge >= 0.3 is 0 Å². The molecule has 0 spiro atoms. The summed E-state index contributed by atoms with van der Waals surface area (Å²) in [7, 11) is 1.63. The molecular weight excluding hydrogens is 453 g/mol. The van der Waals surface area contributed by atoms with E-state index in [0.29, 0.717) is 34.3 Å². The Morgan fingerprint density at radius 3 is 2.94 bits per heavy atom. The van der Waals surface area contributed by atoms with Gasteiger partial charge in [-0.25, -0.2) is 9.37 Å². The molecule has 2 aliphatic rings. The number of nitrogens with zero attached hydrogens (tertiary/aromatic N) is 3. The summed E-state index contributed by atoms with van der Waals surface area (Å²) in [6.45, 7) is 0. The third kappa shape index (κ3) is 3.56. The van der Waals surface area contributed by atoms with E-state index in [-0.39, 0.29) is 23.6 Å². The summed E-state index contributed by atoms with van der Waals surface area (Å²) in [6, 6.07) is 6.64. The van der Waals surface area contributed by atoms with Crippen molar-refractivity contribution in [1.82, 2.24) is 19.7 Å². The van der Waals surface area contributed by atoms with Crippen molar-refractivity contribution < 1.29 is 9.18 Å². The van der Waals surface area contributed by atoms with Gasteiger partial charge in [0.2, 0.25) is 0 Å². The molecule has 7 nitrogen and oxygen atoms in total. The fourth-order valence-corrected chi connectivity index (χ4v) is 6.44. The number of nitrogens with one attached hydrogen (secondary N) is 2. The summed E-state index contributed by atoms with van der Waals surface area (Å²) >= 11 is 1.59. The van der Waals surface area contributed by atoms with E-state index in [9.17, 15) is 14.0 Å². The van der Waals surface area contributed by atoms with Crippen LogP contribution in [0.5, 0.6) is 0 Å². The number of thiophene rings is 1. The monoisotopic (exact) mass is 475 g/mol. The number of hydrogen-bond acceptors (Lipinski definition) is 6. The van der Waals surface area contributed by atoms with E-state index in [4.69, 9.17) is 0 Å². The Morgan fingerprint density at radius 2 is 2.15 bits per heavy atom. The normalized spacial score (nSPS) is 18.3. The molecule has 1 saturated carbocycles. The molecule has 172 valence electrons. The third-order valence-electron chi connectivity index (χ3n) is 6.83. The molecule has 4 aromatic rings. The number of anilines is 2. The molecule has 2 aliphatic carbocycles. The number of Topliss-reactive ketones (excluding diaryl/α,β-unsaturated/α-hetero) is 1. The molecule has 2 bridgehead atoms. The first-order valence-electron chi connectivity index (χ1n) is 11.3. The lowest BCUT2D eigenvalue weighted by Crippen LogP contribution is -2.21. The maximum Gasteiger partial charge on any atom is 0.293 e. The number of hydrogen-bond donors (Lipinski definition) is 2. The lowest BCUT2D eigenvalue weighted by atomic mass is 9.98. The van der Waals surface area contributed by atoms with Crippen molar-refractivity contribution in [2.24, 2.45) is 7.05 Å². The van der Waals surface area contributed by atoms with Crippen molar-refractivity contribution in [2.45, 2.75) is 37.5 Å². The molecule has 9 heteroatoms. The van der Waals surface area contributed by atoms with Crippen LogP contribution in [0.3, 0.4) is 0 Å². The van der Waals surface area contributed by atoms with Crippen molar-refractivity contribution in [1.29, 1.82) is 0 Å². The topological polar surface area (TPSA) is 92.7 Å². The number of carbonyl (C=O) groups excluding carboxylic acids is 1. The Kier molecular flexibility index (Phi) is 4.95. The molecule has 2 atom stereocenters. The van der Waals surface area contributed by atoms with Crippen molar-refractivity contribution in [2.75, 3.05) is 5.32 Å². The summed E-state index contributed by atoms with van der Waals surface area (Å²) in [6.07, 6.45) is 8.38. The Morgan fingerprint density at radius 1 is 1.29 bits per heavy atom. The van der Waals surface area contributed by atoms with Crippen molar-refractivity contribution in [3.05, 3.63) is 79.9 Å². The molecule has 3 heterocycles. The first-order valence-corrected chi connectivity index (χ1v) is 12.1. The summed E-state index contributed by atoms with van der Waals surface area (Å²) in [5.74, 6) is 0.838. The highest BCUT2D eigenvalue weighted by Gasteiger charge is 2.39. The summed E-state index contributed by atoms with van der Waals surface area (Å²) < 4.78 is 16.1. The Balaban J connectivity index is 1.29. The van der Waals surface area contributed by atoms with Gasteiger partial charge in [0, 0.05) is 36.3 Å². The molecule has 0 saturated heterocycles. The second-order valence-electron chi connectivity index (χ2n) is 9.05. The quantitative estimate of drug-likeness (QED) is 0.387. The van der Waals surface area contributed by atoms with Crippen LogP contribution in [0, 0.1) is 5.82 Å². The van der Waals surface area contributed by atoms with Gasteiger partial charge in [-0.05, 0) is 66.5 Å². The third-order valence-corrected chi connectivity index (χ3v) is 8.19. The standard InChI is InChI=1S/C25H22FN5O2S/c1-31-12-20(30-24(25(31)33)29-17-10-27-28-11-17)14-4-5-19(26)16(7-14)8-21(32)22-9-18-13-2-3-15(6-13)23(18)34-22/h4-5,7,9-13,15H,2-3,6,8H2,1H3,(H,27,28)(H,29,30). The van der Waals surface area contributed by atoms with E-state index < -0.39 is 5.82 Å². The smallest absolute Gasteiger partial charge is 0.293 e. The van der Waals surface area contributed by atoms with Gasteiger partial charge in [0.25, 0.3) is 5.56 Å². The fraction of sp³-hybridized carbons (Fsp3) is 0.280. The zero-order valence-corrected chi connectivity index (χ0v) is 19.3. The van der Waals surface area contributed by atoms with E-state index in [1.807, 2.05) is 6.07 Å². The zero-order valence-electron chi connectivity index (χ0n) is 18.5. The van der Waals surface area contributed by atoms with Crippen LogP contribution in [-0.2, 0) is 13.5 Å². The minimum Gasteiger partial charge on any atom is -0.333 e. The van der Waals surface area contributed by atoms with Gasteiger partial charge in [-0.1, -0.05) is 0 Å². The van der Waals surface area contributed by atoms with Crippen LogP contribution in [0.15, 0.2) is 47.7 Å². The van der Waals surface area contributed by atoms with Crippen molar-refractivity contribution in [3.63, 3.8) is 0 Å². The summed E-state index contributed by atoms with van der Waals surface area (Å²) in [5, 5.41) is 9.48. The molecule has 6 rings (SSSR count). The first kappa shape index (κ1) is 21.0. The van der Waals surface area contributed by atoms with Gasteiger partial charge in [0.1, 0.15) is 5.82 Å². The van der Waals surface area contributed by atoms with E-state index >= 15 is 0 Å². The molecule has 0 aliphatic heterocycles. The maximum atomic E-state index is 14.7. The predicted molar refractivity (Wildman–Crippen MR) is 128 cm³/mol. The molecule has 2 unspecified atom stereocenters. The van der Waals surface area contributed by atoms with Crippen LogP contribution >= 0.6 is 11.3 Å². The number of fused-ring (bicyclic) bond motifs is 5. The molecular formula is C25H22FN5O2S. The highest BCUT2D eigenvalue weighted by molar-refractivity contribution is 7.14. The number of benzene rings is 1. The second kappa shape index (κ2) is 8.02. The molecule has 34 heavy (non-hydrogen) atoms. The van der Waals surface area contributed by atoms with Crippen LogP contribution in [0.4, 0.5) is 15.9 Å². The van der Waals surface area contributed by atoms with Crippen LogP contribution < -0.4 is 10.9 Å².